The first-order valence-electron chi connectivity index (χ1n) is 10.9. The summed E-state index contributed by atoms with van der Waals surface area (Å²) in [6, 6.07) is 5.43. The molecule has 0 unspecified atom stereocenters. The molecule has 7 nitrogen and oxygen atoms in total. The van der Waals surface area contributed by atoms with Gasteiger partial charge < -0.3 is 24.3 Å². The van der Waals surface area contributed by atoms with Gasteiger partial charge >= 0.3 is 0 Å². The van der Waals surface area contributed by atoms with Gasteiger partial charge in [0.2, 0.25) is 0 Å². The Bertz CT molecular complexity index is 1480. The summed E-state index contributed by atoms with van der Waals surface area (Å²) in [5.41, 5.74) is -0.372. The smallest absolute Gasteiger partial charge is 0.274 e. The maximum atomic E-state index is 13.8. The second kappa shape index (κ2) is 10.4. The van der Waals surface area contributed by atoms with Gasteiger partial charge in [-0.05, 0) is 42.8 Å². The highest BCUT2D eigenvalue weighted by atomic mass is 19.3. The van der Waals surface area contributed by atoms with E-state index in [0.717, 1.165) is 22.5 Å². The van der Waals surface area contributed by atoms with Gasteiger partial charge in [-0.25, -0.2) is 26.9 Å². The molecule has 0 saturated carbocycles. The van der Waals surface area contributed by atoms with Gasteiger partial charge in [0.1, 0.15) is 11.4 Å². The Morgan fingerprint density at radius 1 is 1.05 bits per heavy atom. The average Bonchev–Trinajstić information content (AvgIpc) is 3.30. The lowest BCUT2D eigenvalue weighted by molar-refractivity contribution is 0.149. The second-order valence-electron chi connectivity index (χ2n) is 8.13. The Morgan fingerprint density at radius 2 is 1.76 bits per heavy atom. The molecule has 0 aliphatic heterocycles. The maximum absolute atomic E-state index is 13.8. The van der Waals surface area contributed by atoms with Gasteiger partial charge in [0.25, 0.3) is 12.0 Å². The average molecular weight is 520 g/mol. The minimum Gasteiger partial charge on any atom is -0.494 e. The van der Waals surface area contributed by atoms with E-state index < -0.39 is 47.6 Å². The van der Waals surface area contributed by atoms with Gasteiger partial charge in [-0.2, -0.15) is 0 Å². The molecule has 4 aromatic rings. The summed E-state index contributed by atoms with van der Waals surface area (Å²) in [6.07, 6.45) is 1.12. The Balaban J connectivity index is 1.78. The van der Waals surface area contributed by atoms with Crippen LogP contribution in [-0.2, 0) is 0 Å². The summed E-state index contributed by atoms with van der Waals surface area (Å²) in [4.78, 5) is 17.4. The molecule has 0 aliphatic rings. The highest BCUT2D eigenvalue weighted by Gasteiger charge is 2.23. The number of alkyl halides is 2. The van der Waals surface area contributed by atoms with E-state index >= 15 is 0 Å². The van der Waals surface area contributed by atoms with Gasteiger partial charge in [-0.3, -0.25) is 4.79 Å². The van der Waals surface area contributed by atoms with Gasteiger partial charge in [0.15, 0.2) is 17.5 Å². The molecule has 0 aliphatic carbocycles. The number of hydrogen-bond acceptors (Lipinski definition) is 5. The number of aryl methyl sites for hydroxylation is 1. The zero-order chi connectivity index (χ0) is 26.9. The highest BCUT2D eigenvalue weighted by molar-refractivity contribution is 5.65. The zero-order valence-electron chi connectivity index (χ0n) is 19.6. The lowest BCUT2D eigenvalue weighted by Crippen LogP contribution is -2.29. The minimum absolute atomic E-state index is 0.299. The van der Waals surface area contributed by atoms with Crippen molar-refractivity contribution in [2.75, 3.05) is 19.0 Å². The van der Waals surface area contributed by atoms with E-state index in [2.05, 4.69) is 10.3 Å². The van der Waals surface area contributed by atoms with Crippen LogP contribution in [0.1, 0.15) is 29.3 Å². The topological polar surface area (TPSA) is 81.3 Å². The van der Waals surface area contributed by atoms with Crippen molar-refractivity contribution in [1.82, 2.24) is 14.1 Å². The normalized spacial score (nSPS) is 12.1. The van der Waals surface area contributed by atoms with E-state index in [-0.39, 0.29) is 11.3 Å². The maximum Gasteiger partial charge on any atom is 0.274 e. The number of hydrogen-bond donors (Lipinski definition) is 2. The van der Waals surface area contributed by atoms with Crippen LogP contribution in [0.3, 0.4) is 0 Å². The molecule has 4 rings (SSSR count). The van der Waals surface area contributed by atoms with E-state index in [0.29, 0.717) is 29.3 Å². The lowest BCUT2D eigenvalue weighted by atomic mass is 10.1. The van der Waals surface area contributed by atoms with Crippen LogP contribution in [0.5, 0.6) is 5.75 Å². The molecule has 2 N–H and O–H groups in total. The molecule has 0 bridgehead atoms. The SMILES string of the molecule is COc1cc(Nc2cc(C(F)F)cn([C@@H](CO)c3cc(F)c(F)c(F)c3)c2=O)ccc1-n1cnc(C)c1. The minimum atomic E-state index is -3.02. The third-order valence-electron chi connectivity index (χ3n) is 5.66. The molecule has 0 amide bonds. The van der Waals surface area contributed by atoms with Gasteiger partial charge in [-0.1, -0.05) is 0 Å². The molecule has 12 heteroatoms. The number of imidazole rings is 1. The van der Waals surface area contributed by atoms with Crippen molar-refractivity contribution in [2.24, 2.45) is 0 Å². The Morgan fingerprint density at radius 3 is 2.32 bits per heavy atom. The Kier molecular flexibility index (Phi) is 7.30. The van der Waals surface area contributed by atoms with E-state index in [9.17, 15) is 31.9 Å². The molecule has 194 valence electrons. The summed E-state index contributed by atoms with van der Waals surface area (Å²) in [5, 5.41) is 12.7. The fourth-order valence-electron chi connectivity index (χ4n) is 3.86. The molecule has 37 heavy (non-hydrogen) atoms. The summed E-state index contributed by atoms with van der Waals surface area (Å²) >= 11 is 0. The molecule has 0 saturated heterocycles. The Hall–Kier alpha value is -4.19. The number of aliphatic hydroxyl groups excluding tert-OH is 1. The number of anilines is 2. The number of aromatic nitrogens is 3. The summed E-state index contributed by atoms with van der Waals surface area (Å²) in [6.45, 7) is 0.928. The van der Waals surface area contributed by atoms with Crippen LogP contribution < -0.4 is 15.6 Å². The van der Waals surface area contributed by atoms with Gasteiger partial charge in [0, 0.05) is 29.7 Å². The van der Waals surface area contributed by atoms with Crippen molar-refractivity contribution in [3.63, 3.8) is 0 Å². The zero-order valence-corrected chi connectivity index (χ0v) is 19.6. The van der Waals surface area contributed by atoms with Crippen LogP contribution in [0, 0.1) is 24.4 Å². The number of aliphatic hydroxyl groups is 1. The molecule has 2 aromatic carbocycles. The first-order chi connectivity index (χ1) is 17.6. The summed E-state index contributed by atoms with van der Waals surface area (Å²) in [5.74, 6) is -4.45. The number of nitrogens with zero attached hydrogens (tertiary/aromatic N) is 3. The van der Waals surface area contributed by atoms with Crippen molar-refractivity contribution in [2.45, 2.75) is 19.4 Å². The fraction of sp³-hybridized carbons (Fsp3) is 0.200. The molecular formula is C25H21F5N4O3. The lowest BCUT2D eigenvalue weighted by Gasteiger charge is -2.21. The van der Waals surface area contributed by atoms with Crippen molar-refractivity contribution in [3.05, 3.63) is 99.7 Å². The summed E-state index contributed by atoms with van der Waals surface area (Å²) in [7, 11) is 1.43. The second-order valence-corrected chi connectivity index (χ2v) is 8.13. The third kappa shape index (κ3) is 5.19. The molecular weight excluding hydrogens is 499 g/mol. The van der Waals surface area contributed by atoms with Crippen molar-refractivity contribution < 1.29 is 31.8 Å². The van der Waals surface area contributed by atoms with Crippen molar-refractivity contribution in [1.29, 1.82) is 0 Å². The largest absolute Gasteiger partial charge is 0.494 e. The molecule has 1 atom stereocenters. The standard InChI is InChI=1S/C25H21F5N4O3/c1-13-9-33(12-31-13)20-4-3-16(8-22(20)37-2)32-19-7-15(24(29)30)10-34(25(19)36)21(11-35)14-5-17(26)23(28)18(27)6-14/h3-10,12,21,24,32,35H,11H2,1-2H3/t21-/m0/s1. The van der Waals surface area contributed by atoms with Gasteiger partial charge in [0.05, 0.1) is 37.5 Å². The van der Waals surface area contributed by atoms with Crippen LogP contribution in [0.25, 0.3) is 5.69 Å². The summed E-state index contributed by atoms with van der Waals surface area (Å²) < 4.78 is 76.3. The molecule has 2 heterocycles. The number of nitrogens with one attached hydrogen (secondary N) is 1. The van der Waals surface area contributed by atoms with Crippen molar-refractivity contribution >= 4 is 11.4 Å². The van der Waals surface area contributed by atoms with E-state index in [1.165, 1.54) is 13.2 Å². The molecule has 0 spiro atoms. The first kappa shape index (κ1) is 25.9. The Labute approximate surface area is 207 Å². The van der Waals surface area contributed by atoms with Crippen LogP contribution in [0.2, 0.25) is 0 Å². The van der Waals surface area contributed by atoms with Crippen LogP contribution >= 0.6 is 0 Å². The number of ether oxygens (including phenoxy) is 1. The predicted molar refractivity (Wildman–Crippen MR) is 125 cm³/mol. The third-order valence-corrected chi connectivity index (χ3v) is 5.66. The number of pyridine rings is 1. The molecule has 0 radical (unpaired) electrons. The first-order valence-corrected chi connectivity index (χ1v) is 10.9. The van der Waals surface area contributed by atoms with Crippen LogP contribution in [-0.4, -0.2) is 32.9 Å². The number of benzene rings is 2. The van der Waals surface area contributed by atoms with Crippen molar-refractivity contribution in [3.8, 4) is 11.4 Å². The highest BCUT2D eigenvalue weighted by Crippen LogP contribution is 2.30. The molecule has 2 aromatic heterocycles. The monoisotopic (exact) mass is 520 g/mol. The van der Waals surface area contributed by atoms with Gasteiger partial charge in [-0.15, -0.1) is 0 Å². The van der Waals surface area contributed by atoms with E-state index in [1.54, 1.807) is 29.2 Å². The van der Waals surface area contributed by atoms with E-state index in [4.69, 9.17) is 4.74 Å². The van der Waals surface area contributed by atoms with E-state index in [1.807, 2.05) is 6.92 Å². The predicted octanol–water partition coefficient (Wildman–Crippen LogP) is 5.03. The number of methoxy groups -OCH3 is 1. The quantitative estimate of drug-likeness (QED) is 0.252. The number of halogens is 5. The number of rotatable bonds is 8. The molecule has 0 fully saturated rings. The fourth-order valence-corrected chi connectivity index (χ4v) is 3.86. The van der Waals surface area contributed by atoms with Crippen LogP contribution in [0.4, 0.5) is 33.3 Å². The van der Waals surface area contributed by atoms with Crippen LogP contribution in [0.15, 0.2) is 59.9 Å².